The van der Waals surface area contributed by atoms with Crippen LogP contribution in [0.4, 0.5) is 4.39 Å². The zero-order valence-corrected chi connectivity index (χ0v) is 11.7. The van der Waals surface area contributed by atoms with Crippen molar-refractivity contribution in [1.29, 1.82) is 0 Å². The Bertz CT molecular complexity index is 721. The van der Waals surface area contributed by atoms with Crippen molar-refractivity contribution in [1.82, 2.24) is 5.32 Å². The highest BCUT2D eigenvalue weighted by molar-refractivity contribution is 7.10. The van der Waals surface area contributed by atoms with Crippen molar-refractivity contribution in [3.05, 3.63) is 57.2 Å². The maximum Gasteiger partial charge on any atom is 0.169 e. The number of rotatable bonds is 3. The van der Waals surface area contributed by atoms with E-state index in [-0.39, 0.29) is 17.4 Å². The number of nitrogens with one attached hydrogen (secondary N) is 1. The monoisotopic (exact) mass is 295 g/mol. The Morgan fingerprint density at radius 1 is 1.37 bits per heavy atom. The van der Waals surface area contributed by atoms with Crippen molar-refractivity contribution in [2.45, 2.75) is 6.04 Å². The van der Waals surface area contributed by atoms with Gasteiger partial charge in [0.25, 0.3) is 0 Å². The van der Waals surface area contributed by atoms with Crippen LogP contribution in [0.3, 0.4) is 0 Å². The van der Waals surface area contributed by atoms with Gasteiger partial charge in [-0.3, -0.25) is 0 Å². The lowest BCUT2D eigenvalue weighted by atomic mass is 10.1. The molecule has 0 aliphatic heterocycles. The summed E-state index contributed by atoms with van der Waals surface area (Å²) in [7, 11) is 1.82. The zero-order chi connectivity index (χ0) is 13.4. The predicted molar refractivity (Wildman–Crippen MR) is 76.4 cm³/mol. The summed E-state index contributed by atoms with van der Waals surface area (Å²) in [6.45, 7) is 0. The van der Waals surface area contributed by atoms with E-state index in [4.69, 9.17) is 16.0 Å². The maximum atomic E-state index is 13.7. The van der Waals surface area contributed by atoms with Crippen LogP contribution in [0.2, 0.25) is 5.02 Å². The second kappa shape index (κ2) is 4.96. The molecule has 0 fully saturated rings. The second-order valence-electron chi connectivity index (χ2n) is 4.16. The number of furan rings is 1. The van der Waals surface area contributed by atoms with E-state index < -0.39 is 0 Å². The van der Waals surface area contributed by atoms with Crippen LogP contribution in [-0.4, -0.2) is 7.05 Å². The van der Waals surface area contributed by atoms with E-state index in [9.17, 15) is 4.39 Å². The van der Waals surface area contributed by atoms with Crippen molar-refractivity contribution in [2.75, 3.05) is 7.05 Å². The molecule has 0 radical (unpaired) electrons. The van der Waals surface area contributed by atoms with Crippen LogP contribution in [0.5, 0.6) is 0 Å². The summed E-state index contributed by atoms with van der Waals surface area (Å²) in [5.74, 6) is 0.308. The van der Waals surface area contributed by atoms with Gasteiger partial charge >= 0.3 is 0 Å². The number of para-hydroxylation sites is 1. The fourth-order valence-electron chi connectivity index (χ4n) is 2.10. The third-order valence-corrected chi connectivity index (χ3v) is 4.42. The van der Waals surface area contributed by atoms with Gasteiger partial charge in [-0.05, 0) is 30.6 Å². The van der Waals surface area contributed by atoms with E-state index in [1.165, 1.54) is 6.07 Å². The average molecular weight is 296 g/mol. The number of hydrogen-bond acceptors (Lipinski definition) is 3. The van der Waals surface area contributed by atoms with E-state index in [1.54, 1.807) is 17.4 Å². The number of hydrogen-bond donors (Lipinski definition) is 1. The molecule has 0 spiro atoms. The van der Waals surface area contributed by atoms with Crippen molar-refractivity contribution >= 4 is 33.9 Å². The molecule has 0 saturated carbocycles. The molecule has 2 nitrogen and oxygen atoms in total. The lowest BCUT2D eigenvalue weighted by molar-refractivity contribution is 0.479. The first-order valence-corrected chi connectivity index (χ1v) is 7.04. The van der Waals surface area contributed by atoms with Crippen LogP contribution >= 0.6 is 22.9 Å². The molecule has 0 bridgehead atoms. The van der Waals surface area contributed by atoms with Gasteiger partial charge in [-0.15, -0.1) is 11.3 Å². The van der Waals surface area contributed by atoms with Gasteiger partial charge < -0.3 is 9.73 Å². The minimum Gasteiger partial charge on any atom is -0.456 e. The van der Waals surface area contributed by atoms with Gasteiger partial charge in [0, 0.05) is 10.3 Å². The van der Waals surface area contributed by atoms with Gasteiger partial charge in [-0.2, -0.15) is 0 Å². The molecule has 3 rings (SSSR count). The van der Waals surface area contributed by atoms with Crippen molar-refractivity contribution < 1.29 is 8.81 Å². The summed E-state index contributed by atoms with van der Waals surface area (Å²) in [4.78, 5) is 0.962. The highest BCUT2D eigenvalue weighted by atomic mass is 35.5. The molecule has 0 aliphatic rings. The molecule has 98 valence electrons. The third-order valence-electron chi connectivity index (χ3n) is 3.00. The van der Waals surface area contributed by atoms with E-state index >= 15 is 0 Å². The Hall–Kier alpha value is -1.36. The van der Waals surface area contributed by atoms with Crippen molar-refractivity contribution in [3.8, 4) is 0 Å². The van der Waals surface area contributed by atoms with E-state index in [0.29, 0.717) is 10.8 Å². The van der Waals surface area contributed by atoms with Crippen LogP contribution in [0.25, 0.3) is 11.0 Å². The fourth-order valence-corrected chi connectivity index (χ4v) is 3.39. The molecule has 1 unspecified atom stereocenters. The first-order chi connectivity index (χ1) is 9.20. The predicted octanol–water partition coefficient (Wildman–Crippen LogP) is 4.60. The smallest absolute Gasteiger partial charge is 0.169 e. The SMILES string of the molecule is CNC(c1cc2cccc(F)c2o1)c1sccc1Cl. The van der Waals surface area contributed by atoms with Crippen molar-refractivity contribution in [2.24, 2.45) is 0 Å². The van der Waals surface area contributed by atoms with E-state index in [2.05, 4.69) is 5.32 Å². The lowest BCUT2D eigenvalue weighted by Gasteiger charge is -2.12. The Balaban J connectivity index is 2.12. The fraction of sp³-hybridized carbons (Fsp3) is 0.143. The van der Waals surface area contributed by atoms with Gasteiger partial charge in [0.1, 0.15) is 11.8 Å². The van der Waals surface area contributed by atoms with Gasteiger partial charge in [0.2, 0.25) is 0 Å². The Labute approximate surface area is 118 Å². The second-order valence-corrected chi connectivity index (χ2v) is 5.52. The molecule has 0 saturated heterocycles. The highest BCUT2D eigenvalue weighted by Crippen LogP contribution is 2.35. The standard InChI is InChI=1S/C14H11ClFNOS/c1-17-12(14-9(15)5-6-19-14)11-7-8-3-2-4-10(16)13(8)18-11/h2-7,12,17H,1H3. The highest BCUT2D eigenvalue weighted by Gasteiger charge is 2.21. The number of halogens is 2. The zero-order valence-electron chi connectivity index (χ0n) is 10.1. The first kappa shape index (κ1) is 12.7. The van der Waals surface area contributed by atoms with E-state index in [1.807, 2.05) is 30.6 Å². The quantitative estimate of drug-likeness (QED) is 0.764. The summed E-state index contributed by atoms with van der Waals surface area (Å²) in [6, 6.07) is 8.41. The normalized spacial score (nSPS) is 13.0. The van der Waals surface area contributed by atoms with Crippen LogP contribution in [0.15, 0.2) is 40.1 Å². The van der Waals surface area contributed by atoms with Crippen molar-refractivity contribution in [3.63, 3.8) is 0 Å². The molecule has 2 aromatic heterocycles. The average Bonchev–Trinajstić information content (AvgIpc) is 2.99. The molecule has 5 heteroatoms. The molecule has 1 aromatic carbocycles. The van der Waals surface area contributed by atoms with Gasteiger partial charge in [0.15, 0.2) is 11.4 Å². The van der Waals surface area contributed by atoms with E-state index in [0.717, 1.165) is 10.3 Å². The third kappa shape index (κ3) is 2.16. The summed E-state index contributed by atoms with van der Waals surface area (Å²) < 4.78 is 19.3. The van der Waals surface area contributed by atoms with Crippen LogP contribution in [0.1, 0.15) is 16.7 Å². The Kier molecular flexibility index (Phi) is 3.31. The molecular formula is C14H11ClFNOS. The molecule has 19 heavy (non-hydrogen) atoms. The topological polar surface area (TPSA) is 25.2 Å². The lowest BCUT2D eigenvalue weighted by Crippen LogP contribution is -2.16. The number of thiophene rings is 1. The molecule has 1 atom stereocenters. The minimum atomic E-state index is -0.351. The van der Waals surface area contributed by atoms with Crippen LogP contribution < -0.4 is 5.32 Å². The largest absolute Gasteiger partial charge is 0.456 e. The van der Waals surface area contributed by atoms with Gasteiger partial charge in [0.05, 0.1) is 5.02 Å². The Morgan fingerprint density at radius 3 is 2.84 bits per heavy atom. The summed E-state index contributed by atoms with van der Waals surface area (Å²) in [5, 5.41) is 6.51. The molecule has 0 amide bonds. The number of benzene rings is 1. The number of fused-ring (bicyclic) bond motifs is 1. The minimum absolute atomic E-state index is 0.167. The Morgan fingerprint density at radius 2 is 2.21 bits per heavy atom. The summed E-state index contributed by atoms with van der Waals surface area (Å²) >= 11 is 7.69. The molecule has 1 N–H and O–H groups in total. The molecule has 2 heterocycles. The summed E-state index contributed by atoms with van der Waals surface area (Å²) in [5.41, 5.74) is 0.283. The van der Waals surface area contributed by atoms with Crippen LogP contribution in [0, 0.1) is 5.82 Å². The van der Waals surface area contributed by atoms with Gasteiger partial charge in [-0.1, -0.05) is 23.7 Å². The first-order valence-electron chi connectivity index (χ1n) is 5.79. The molecule has 3 aromatic rings. The van der Waals surface area contributed by atoms with Gasteiger partial charge in [-0.25, -0.2) is 4.39 Å². The molecule has 0 aliphatic carbocycles. The summed E-state index contributed by atoms with van der Waals surface area (Å²) in [6.07, 6.45) is 0. The van der Waals surface area contributed by atoms with Crippen LogP contribution in [-0.2, 0) is 0 Å². The molecular weight excluding hydrogens is 285 g/mol. The maximum absolute atomic E-state index is 13.7.